The quantitative estimate of drug-likeness (QED) is 0.851. The number of likely N-dealkylation sites (tertiary alicyclic amines) is 1. The molecule has 2 atom stereocenters. The van der Waals surface area contributed by atoms with Crippen molar-refractivity contribution in [2.45, 2.75) is 44.7 Å². The van der Waals surface area contributed by atoms with E-state index in [0.717, 1.165) is 18.4 Å². The standard InChI is InChI=1S/C17H21ClN2O4/c1-11(21)19-14(12-5-7-13(18)8-6-12)10-16(22)20-9-3-2-4-15(20)17(23)24/h5-8,14-15H,2-4,9-10H2,1H3,(H,19,21)(H,23,24)/t14-,15+/m0/s1. The van der Waals surface area contributed by atoms with Gasteiger partial charge in [0.25, 0.3) is 0 Å². The second-order valence-electron chi connectivity index (χ2n) is 5.95. The average Bonchev–Trinajstić information content (AvgIpc) is 2.54. The van der Waals surface area contributed by atoms with Crippen molar-refractivity contribution in [1.82, 2.24) is 10.2 Å². The van der Waals surface area contributed by atoms with Gasteiger partial charge in [0.2, 0.25) is 11.8 Å². The van der Waals surface area contributed by atoms with Crippen LogP contribution in [0.15, 0.2) is 24.3 Å². The van der Waals surface area contributed by atoms with Gasteiger partial charge in [0.15, 0.2) is 0 Å². The zero-order valence-electron chi connectivity index (χ0n) is 13.5. The molecular formula is C17H21ClN2O4. The molecule has 0 unspecified atom stereocenters. The normalized spacial score (nSPS) is 18.8. The van der Waals surface area contributed by atoms with Gasteiger partial charge in [-0.05, 0) is 37.0 Å². The summed E-state index contributed by atoms with van der Waals surface area (Å²) in [5.41, 5.74) is 0.756. The third-order valence-electron chi connectivity index (χ3n) is 4.14. The summed E-state index contributed by atoms with van der Waals surface area (Å²) in [6.07, 6.45) is 2.08. The number of carboxylic acids is 1. The van der Waals surface area contributed by atoms with Gasteiger partial charge in [-0.1, -0.05) is 23.7 Å². The summed E-state index contributed by atoms with van der Waals surface area (Å²) in [5.74, 6) is -1.50. The van der Waals surface area contributed by atoms with Gasteiger partial charge in [-0.3, -0.25) is 9.59 Å². The fourth-order valence-electron chi connectivity index (χ4n) is 2.97. The smallest absolute Gasteiger partial charge is 0.326 e. The lowest BCUT2D eigenvalue weighted by Gasteiger charge is -2.34. The van der Waals surface area contributed by atoms with E-state index in [-0.39, 0.29) is 18.2 Å². The highest BCUT2D eigenvalue weighted by atomic mass is 35.5. The number of hydrogen-bond acceptors (Lipinski definition) is 3. The van der Waals surface area contributed by atoms with Crippen molar-refractivity contribution >= 4 is 29.4 Å². The first-order chi connectivity index (χ1) is 11.4. The molecule has 1 saturated heterocycles. The first kappa shape index (κ1) is 18.3. The number of carboxylic acid groups (broad SMARTS) is 1. The molecule has 0 bridgehead atoms. The summed E-state index contributed by atoms with van der Waals surface area (Å²) < 4.78 is 0. The predicted octanol–water partition coefficient (Wildman–Crippen LogP) is 2.37. The maximum Gasteiger partial charge on any atom is 0.326 e. The molecule has 1 aliphatic heterocycles. The molecule has 2 rings (SSSR count). The number of nitrogens with one attached hydrogen (secondary N) is 1. The Balaban J connectivity index is 2.15. The number of hydrogen-bond donors (Lipinski definition) is 2. The van der Waals surface area contributed by atoms with Crippen LogP contribution in [0.4, 0.5) is 0 Å². The van der Waals surface area contributed by atoms with Gasteiger partial charge in [-0.25, -0.2) is 4.79 Å². The third-order valence-corrected chi connectivity index (χ3v) is 4.39. The van der Waals surface area contributed by atoms with E-state index in [1.165, 1.54) is 11.8 Å². The number of carbonyl (C=O) groups is 3. The van der Waals surface area contributed by atoms with Crippen molar-refractivity contribution in [3.63, 3.8) is 0 Å². The fraction of sp³-hybridized carbons (Fsp3) is 0.471. The number of carbonyl (C=O) groups excluding carboxylic acids is 2. The third kappa shape index (κ3) is 4.71. The summed E-state index contributed by atoms with van der Waals surface area (Å²) >= 11 is 5.88. The van der Waals surface area contributed by atoms with E-state index in [4.69, 9.17) is 11.6 Å². The SMILES string of the molecule is CC(=O)N[C@@H](CC(=O)N1CCCC[C@@H]1C(=O)O)c1ccc(Cl)cc1. The molecular weight excluding hydrogens is 332 g/mol. The molecule has 0 aromatic heterocycles. The van der Waals surface area contributed by atoms with Gasteiger partial charge >= 0.3 is 5.97 Å². The van der Waals surface area contributed by atoms with Crippen LogP contribution in [0.2, 0.25) is 5.02 Å². The molecule has 2 amide bonds. The van der Waals surface area contributed by atoms with Crippen LogP contribution in [0.1, 0.15) is 44.2 Å². The molecule has 0 radical (unpaired) electrons. The first-order valence-corrected chi connectivity index (χ1v) is 8.31. The van der Waals surface area contributed by atoms with Crippen LogP contribution in [-0.4, -0.2) is 40.4 Å². The molecule has 1 aliphatic rings. The maximum absolute atomic E-state index is 12.6. The number of benzene rings is 1. The summed E-state index contributed by atoms with van der Waals surface area (Å²) in [6.45, 7) is 1.82. The molecule has 0 saturated carbocycles. The van der Waals surface area contributed by atoms with Crippen molar-refractivity contribution in [3.8, 4) is 0 Å². The molecule has 1 fully saturated rings. The summed E-state index contributed by atoms with van der Waals surface area (Å²) in [6, 6.07) is 5.59. The number of halogens is 1. The van der Waals surface area contributed by atoms with Crippen molar-refractivity contribution in [3.05, 3.63) is 34.9 Å². The second kappa shape index (κ2) is 8.15. The monoisotopic (exact) mass is 352 g/mol. The van der Waals surface area contributed by atoms with E-state index >= 15 is 0 Å². The zero-order valence-corrected chi connectivity index (χ0v) is 14.3. The van der Waals surface area contributed by atoms with Gasteiger partial charge in [0.1, 0.15) is 6.04 Å². The Morgan fingerprint density at radius 2 is 1.96 bits per heavy atom. The Hall–Kier alpha value is -2.08. The van der Waals surface area contributed by atoms with Crippen LogP contribution in [0.25, 0.3) is 0 Å². The highest BCUT2D eigenvalue weighted by Gasteiger charge is 2.33. The summed E-state index contributed by atoms with van der Waals surface area (Å²) in [7, 11) is 0. The van der Waals surface area contributed by atoms with Crippen LogP contribution in [0, 0.1) is 0 Å². The van der Waals surface area contributed by atoms with E-state index in [1.807, 2.05) is 0 Å². The molecule has 6 nitrogen and oxygen atoms in total. The van der Waals surface area contributed by atoms with Crippen molar-refractivity contribution in [1.29, 1.82) is 0 Å². The lowest BCUT2D eigenvalue weighted by molar-refractivity contribution is -0.152. The molecule has 1 heterocycles. The van der Waals surface area contributed by atoms with Crippen molar-refractivity contribution < 1.29 is 19.5 Å². The molecule has 1 aromatic rings. The highest BCUT2D eigenvalue weighted by Crippen LogP contribution is 2.24. The van der Waals surface area contributed by atoms with E-state index in [1.54, 1.807) is 24.3 Å². The highest BCUT2D eigenvalue weighted by molar-refractivity contribution is 6.30. The lowest BCUT2D eigenvalue weighted by atomic mass is 9.98. The molecule has 7 heteroatoms. The van der Waals surface area contributed by atoms with Gasteiger partial charge in [-0.15, -0.1) is 0 Å². The molecule has 0 aliphatic carbocycles. The molecule has 130 valence electrons. The van der Waals surface area contributed by atoms with E-state index in [2.05, 4.69) is 5.32 Å². The van der Waals surface area contributed by atoms with Crippen LogP contribution in [0.3, 0.4) is 0 Å². The maximum atomic E-state index is 12.6. The van der Waals surface area contributed by atoms with Crippen LogP contribution < -0.4 is 5.32 Å². The number of aliphatic carboxylic acids is 1. The Labute approximate surface area is 145 Å². The molecule has 1 aromatic carbocycles. The van der Waals surface area contributed by atoms with Gasteiger partial charge < -0.3 is 15.3 Å². The van der Waals surface area contributed by atoms with Crippen LogP contribution in [0.5, 0.6) is 0 Å². The van der Waals surface area contributed by atoms with E-state index in [9.17, 15) is 19.5 Å². The number of amides is 2. The minimum Gasteiger partial charge on any atom is -0.480 e. The topological polar surface area (TPSA) is 86.7 Å². The number of rotatable bonds is 5. The summed E-state index contributed by atoms with van der Waals surface area (Å²) in [4.78, 5) is 36.9. The minimum atomic E-state index is -0.981. The molecule has 0 spiro atoms. The van der Waals surface area contributed by atoms with Gasteiger partial charge in [-0.2, -0.15) is 0 Å². The largest absolute Gasteiger partial charge is 0.480 e. The molecule has 2 N–H and O–H groups in total. The van der Waals surface area contributed by atoms with Crippen molar-refractivity contribution in [2.24, 2.45) is 0 Å². The van der Waals surface area contributed by atoms with Crippen LogP contribution in [-0.2, 0) is 14.4 Å². The molecule has 24 heavy (non-hydrogen) atoms. The Kier molecular flexibility index (Phi) is 6.20. The van der Waals surface area contributed by atoms with Gasteiger partial charge in [0, 0.05) is 18.5 Å². The number of nitrogens with zero attached hydrogens (tertiary/aromatic N) is 1. The van der Waals surface area contributed by atoms with Crippen molar-refractivity contribution in [2.75, 3.05) is 6.54 Å². The zero-order chi connectivity index (χ0) is 17.7. The Morgan fingerprint density at radius 1 is 1.29 bits per heavy atom. The fourth-order valence-corrected chi connectivity index (χ4v) is 3.10. The summed E-state index contributed by atoms with van der Waals surface area (Å²) in [5, 5.41) is 12.6. The second-order valence-corrected chi connectivity index (χ2v) is 6.38. The minimum absolute atomic E-state index is 0.0188. The lowest BCUT2D eigenvalue weighted by Crippen LogP contribution is -2.48. The Bertz CT molecular complexity index is 618. The number of piperidine rings is 1. The van der Waals surface area contributed by atoms with Crippen LogP contribution >= 0.6 is 11.6 Å². The predicted molar refractivity (Wildman–Crippen MR) is 89.6 cm³/mol. The van der Waals surface area contributed by atoms with Gasteiger partial charge in [0.05, 0.1) is 12.5 Å². The average molecular weight is 353 g/mol. The van der Waals surface area contributed by atoms with E-state index in [0.29, 0.717) is 18.0 Å². The van der Waals surface area contributed by atoms with E-state index < -0.39 is 18.1 Å². The first-order valence-electron chi connectivity index (χ1n) is 7.93. The Morgan fingerprint density at radius 3 is 2.54 bits per heavy atom.